The molecule has 0 saturated carbocycles. The first-order valence-corrected chi connectivity index (χ1v) is 8.41. The van der Waals surface area contributed by atoms with E-state index in [4.69, 9.17) is 11.6 Å². The molecule has 0 spiro atoms. The summed E-state index contributed by atoms with van der Waals surface area (Å²) >= 11 is 11.6. The van der Waals surface area contributed by atoms with Gasteiger partial charge in [0.25, 0.3) is 0 Å². The Morgan fingerprint density at radius 2 is 2.32 bits per heavy atom. The molecule has 2 rings (SSSR count). The Balaban J connectivity index is 2.42. The number of halogens is 2. The summed E-state index contributed by atoms with van der Waals surface area (Å²) in [6, 6.07) is 2.03. The van der Waals surface area contributed by atoms with Gasteiger partial charge in [-0.3, -0.25) is 4.68 Å². The Kier molecular flexibility index (Phi) is 5.45. The summed E-state index contributed by atoms with van der Waals surface area (Å²) in [5.41, 5.74) is 1.14. The second-order valence-corrected chi connectivity index (χ2v) is 6.42. The summed E-state index contributed by atoms with van der Waals surface area (Å²) in [7, 11) is 0. The summed E-state index contributed by atoms with van der Waals surface area (Å²) in [5, 5.41) is 10.8. The highest BCUT2D eigenvalue weighted by Crippen LogP contribution is 2.35. The number of thiophene rings is 1. The summed E-state index contributed by atoms with van der Waals surface area (Å²) in [6.45, 7) is 6.04. The fourth-order valence-corrected chi connectivity index (χ4v) is 3.79. The molecule has 0 aromatic carbocycles. The minimum Gasteiger partial charge on any atom is -0.304 e. The van der Waals surface area contributed by atoms with Crippen molar-refractivity contribution in [1.29, 1.82) is 0 Å². The van der Waals surface area contributed by atoms with E-state index in [0.29, 0.717) is 0 Å². The largest absolute Gasteiger partial charge is 0.304 e. The molecule has 1 unspecified atom stereocenters. The van der Waals surface area contributed by atoms with Crippen molar-refractivity contribution in [3.05, 3.63) is 37.7 Å². The van der Waals surface area contributed by atoms with Gasteiger partial charge in [0.2, 0.25) is 0 Å². The highest BCUT2D eigenvalue weighted by molar-refractivity contribution is 9.10. The molecule has 0 aliphatic rings. The molecule has 6 heteroatoms. The SMILES string of the molecule is CCCNC(c1sccc1Cl)c1c(Br)cnn1CC. The molecule has 0 amide bonds. The minimum absolute atomic E-state index is 0.0873. The normalized spacial score (nSPS) is 12.8. The van der Waals surface area contributed by atoms with Gasteiger partial charge in [0.1, 0.15) is 0 Å². The lowest BCUT2D eigenvalue weighted by Crippen LogP contribution is -2.25. The second kappa shape index (κ2) is 6.88. The van der Waals surface area contributed by atoms with Crippen LogP contribution in [0.15, 0.2) is 22.1 Å². The monoisotopic (exact) mass is 361 g/mol. The van der Waals surface area contributed by atoms with Gasteiger partial charge in [-0.05, 0) is 47.3 Å². The van der Waals surface area contributed by atoms with E-state index in [1.54, 1.807) is 11.3 Å². The van der Waals surface area contributed by atoms with Gasteiger partial charge in [0.05, 0.1) is 27.4 Å². The molecular weight excluding hydrogens is 346 g/mol. The predicted octanol–water partition coefficient (Wildman–Crippen LogP) is 4.47. The summed E-state index contributed by atoms with van der Waals surface area (Å²) in [5.74, 6) is 0. The van der Waals surface area contributed by atoms with Crippen molar-refractivity contribution in [2.75, 3.05) is 6.54 Å². The van der Waals surface area contributed by atoms with Crippen molar-refractivity contribution < 1.29 is 0 Å². The van der Waals surface area contributed by atoms with E-state index in [0.717, 1.165) is 39.6 Å². The van der Waals surface area contributed by atoms with Gasteiger partial charge >= 0.3 is 0 Å². The number of hydrogen-bond acceptors (Lipinski definition) is 3. The fraction of sp³-hybridized carbons (Fsp3) is 0.462. The van der Waals surface area contributed by atoms with E-state index in [1.165, 1.54) is 0 Å². The van der Waals surface area contributed by atoms with Gasteiger partial charge in [0, 0.05) is 11.4 Å². The van der Waals surface area contributed by atoms with Crippen LogP contribution in [0.1, 0.15) is 36.9 Å². The van der Waals surface area contributed by atoms with E-state index in [1.807, 2.05) is 22.3 Å². The van der Waals surface area contributed by atoms with Crippen LogP contribution in [0.4, 0.5) is 0 Å². The minimum atomic E-state index is 0.0873. The van der Waals surface area contributed by atoms with Gasteiger partial charge < -0.3 is 5.32 Å². The van der Waals surface area contributed by atoms with Crippen molar-refractivity contribution in [3.8, 4) is 0 Å². The molecule has 0 bridgehead atoms. The molecule has 2 aromatic heterocycles. The molecule has 0 fully saturated rings. The van der Waals surface area contributed by atoms with E-state index >= 15 is 0 Å². The van der Waals surface area contributed by atoms with Gasteiger partial charge in [-0.15, -0.1) is 11.3 Å². The topological polar surface area (TPSA) is 29.9 Å². The van der Waals surface area contributed by atoms with Crippen LogP contribution in [0.5, 0.6) is 0 Å². The molecule has 0 aliphatic heterocycles. The Hall–Kier alpha value is -0.360. The van der Waals surface area contributed by atoms with Gasteiger partial charge in [-0.2, -0.15) is 5.10 Å². The van der Waals surface area contributed by atoms with Crippen LogP contribution >= 0.6 is 38.9 Å². The van der Waals surface area contributed by atoms with E-state index in [2.05, 4.69) is 40.2 Å². The predicted molar refractivity (Wildman–Crippen MR) is 85.1 cm³/mol. The molecule has 2 aromatic rings. The first-order chi connectivity index (χ1) is 9.19. The molecule has 19 heavy (non-hydrogen) atoms. The Morgan fingerprint density at radius 1 is 1.53 bits per heavy atom. The summed E-state index contributed by atoms with van der Waals surface area (Å²) < 4.78 is 3.03. The maximum Gasteiger partial charge on any atom is 0.0868 e. The van der Waals surface area contributed by atoms with Crippen LogP contribution in [-0.2, 0) is 6.54 Å². The molecular formula is C13H17BrClN3S. The zero-order valence-electron chi connectivity index (χ0n) is 11.0. The first-order valence-electron chi connectivity index (χ1n) is 6.36. The smallest absolute Gasteiger partial charge is 0.0868 e. The highest BCUT2D eigenvalue weighted by atomic mass is 79.9. The van der Waals surface area contributed by atoms with Crippen LogP contribution < -0.4 is 5.32 Å². The van der Waals surface area contributed by atoms with Crippen molar-refractivity contribution in [2.45, 2.75) is 32.9 Å². The number of rotatable bonds is 6. The van der Waals surface area contributed by atoms with E-state index < -0.39 is 0 Å². The third kappa shape index (κ3) is 3.21. The highest BCUT2D eigenvalue weighted by Gasteiger charge is 2.24. The number of hydrogen-bond donors (Lipinski definition) is 1. The van der Waals surface area contributed by atoms with Crippen molar-refractivity contribution in [3.63, 3.8) is 0 Å². The Bertz CT molecular complexity index is 538. The van der Waals surface area contributed by atoms with Gasteiger partial charge in [-0.25, -0.2) is 0 Å². The van der Waals surface area contributed by atoms with Gasteiger partial charge in [0.15, 0.2) is 0 Å². The number of aryl methyl sites for hydroxylation is 1. The zero-order chi connectivity index (χ0) is 13.8. The lowest BCUT2D eigenvalue weighted by molar-refractivity contribution is 0.533. The van der Waals surface area contributed by atoms with Crippen molar-refractivity contribution in [2.24, 2.45) is 0 Å². The maximum atomic E-state index is 6.30. The lowest BCUT2D eigenvalue weighted by atomic mass is 10.1. The average molecular weight is 363 g/mol. The third-order valence-corrected chi connectivity index (χ3v) is 4.95. The molecule has 3 nitrogen and oxygen atoms in total. The van der Waals surface area contributed by atoms with Gasteiger partial charge in [-0.1, -0.05) is 18.5 Å². The molecule has 0 aliphatic carbocycles. The van der Waals surface area contributed by atoms with Crippen LogP contribution in [0.3, 0.4) is 0 Å². The first kappa shape index (κ1) is 15.0. The van der Waals surface area contributed by atoms with Crippen LogP contribution in [0.25, 0.3) is 0 Å². The molecule has 1 N–H and O–H groups in total. The van der Waals surface area contributed by atoms with E-state index in [9.17, 15) is 0 Å². The zero-order valence-corrected chi connectivity index (χ0v) is 14.1. The van der Waals surface area contributed by atoms with Crippen LogP contribution in [0, 0.1) is 0 Å². The maximum absolute atomic E-state index is 6.30. The summed E-state index contributed by atoms with van der Waals surface area (Å²) in [6.07, 6.45) is 2.93. The third-order valence-electron chi connectivity index (χ3n) is 2.91. The standard InChI is InChI=1S/C13H17BrClN3S/c1-3-6-16-11(13-10(15)5-7-19-13)12-9(14)8-17-18(12)4-2/h5,7-8,11,16H,3-4,6H2,1-2H3. The lowest BCUT2D eigenvalue weighted by Gasteiger charge is -2.19. The van der Waals surface area contributed by atoms with Crippen LogP contribution in [0.2, 0.25) is 5.02 Å². The molecule has 2 heterocycles. The number of aromatic nitrogens is 2. The fourth-order valence-electron chi connectivity index (χ4n) is 2.02. The number of nitrogens with zero attached hydrogens (tertiary/aromatic N) is 2. The quantitative estimate of drug-likeness (QED) is 0.821. The van der Waals surface area contributed by atoms with E-state index in [-0.39, 0.29) is 6.04 Å². The summed E-state index contributed by atoms with van der Waals surface area (Å²) in [4.78, 5) is 1.14. The Morgan fingerprint density at radius 3 is 2.89 bits per heavy atom. The molecule has 0 saturated heterocycles. The van der Waals surface area contributed by atoms with Crippen LogP contribution in [-0.4, -0.2) is 16.3 Å². The molecule has 0 radical (unpaired) electrons. The molecule has 104 valence electrons. The average Bonchev–Trinajstić information content (AvgIpc) is 2.98. The Labute approximate surface area is 131 Å². The molecule has 1 atom stereocenters. The second-order valence-electron chi connectivity index (χ2n) is 4.21. The van der Waals surface area contributed by atoms with Crippen molar-refractivity contribution >= 4 is 38.9 Å². The number of nitrogens with one attached hydrogen (secondary N) is 1. The van der Waals surface area contributed by atoms with Crippen molar-refractivity contribution in [1.82, 2.24) is 15.1 Å².